The molecular weight excluding hydrogens is 292 g/mol. The largest absolute Gasteiger partial charge is 0.370 e. The third kappa shape index (κ3) is 2.46. The molecule has 0 spiro atoms. The van der Waals surface area contributed by atoms with E-state index in [0.29, 0.717) is 10.8 Å². The highest BCUT2D eigenvalue weighted by Crippen LogP contribution is 2.29. The fraction of sp³-hybridized carbons (Fsp3) is 0.214. The van der Waals surface area contributed by atoms with Crippen LogP contribution in [-0.2, 0) is 0 Å². The number of hydrogen-bond acceptors (Lipinski definition) is 5. The number of nitrogens with one attached hydrogen (secondary N) is 1. The van der Waals surface area contributed by atoms with Crippen molar-refractivity contribution >= 4 is 39.7 Å². The van der Waals surface area contributed by atoms with Crippen molar-refractivity contribution in [1.29, 1.82) is 0 Å². The molecule has 4 nitrogen and oxygen atoms in total. The molecule has 2 heterocycles. The van der Waals surface area contributed by atoms with Crippen LogP contribution in [0.1, 0.15) is 11.9 Å². The summed E-state index contributed by atoms with van der Waals surface area (Å²) in [5.74, 6) is 1.51. The zero-order valence-electron chi connectivity index (χ0n) is 11.1. The van der Waals surface area contributed by atoms with Gasteiger partial charge in [0.2, 0.25) is 0 Å². The maximum atomic E-state index is 6.06. The summed E-state index contributed by atoms with van der Waals surface area (Å²) in [5, 5.41) is 5.92. The van der Waals surface area contributed by atoms with Crippen molar-refractivity contribution in [2.45, 2.75) is 13.8 Å². The highest BCUT2D eigenvalue weighted by atomic mass is 35.5. The zero-order valence-corrected chi connectivity index (χ0v) is 12.7. The molecule has 102 valence electrons. The number of aryl methyl sites for hydroxylation is 1. The van der Waals surface area contributed by atoms with Gasteiger partial charge < -0.3 is 5.32 Å². The molecule has 3 rings (SSSR count). The van der Waals surface area contributed by atoms with Crippen LogP contribution in [0, 0.1) is 6.92 Å². The van der Waals surface area contributed by atoms with E-state index in [0.717, 1.165) is 33.2 Å². The van der Waals surface area contributed by atoms with E-state index in [1.165, 1.54) is 0 Å². The summed E-state index contributed by atoms with van der Waals surface area (Å²) in [7, 11) is 0. The summed E-state index contributed by atoms with van der Waals surface area (Å²) in [4.78, 5) is 14.4. The van der Waals surface area contributed by atoms with E-state index in [4.69, 9.17) is 11.6 Å². The molecule has 0 fully saturated rings. The van der Waals surface area contributed by atoms with E-state index in [1.54, 1.807) is 17.5 Å². The van der Waals surface area contributed by atoms with Gasteiger partial charge in [-0.1, -0.05) is 11.6 Å². The van der Waals surface area contributed by atoms with E-state index >= 15 is 0 Å². The third-order valence-electron chi connectivity index (χ3n) is 2.84. The molecule has 20 heavy (non-hydrogen) atoms. The summed E-state index contributed by atoms with van der Waals surface area (Å²) in [5.41, 5.74) is 0.838. The number of halogens is 1. The molecule has 0 saturated carbocycles. The fourth-order valence-electron chi connectivity index (χ4n) is 1.98. The average molecular weight is 305 g/mol. The fourth-order valence-corrected chi connectivity index (χ4v) is 2.86. The van der Waals surface area contributed by atoms with E-state index in [1.807, 2.05) is 32.0 Å². The maximum Gasteiger partial charge on any atom is 0.173 e. The van der Waals surface area contributed by atoms with Gasteiger partial charge in [0.05, 0.1) is 15.4 Å². The van der Waals surface area contributed by atoms with Gasteiger partial charge >= 0.3 is 0 Å². The van der Waals surface area contributed by atoms with Crippen LogP contribution in [0.5, 0.6) is 0 Å². The SMILES string of the molecule is CCNc1nc(-c2cnc(C)s2)nc2cc(Cl)ccc12. The van der Waals surface area contributed by atoms with Crippen molar-refractivity contribution in [3.63, 3.8) is 0 Å². The monoisotopic (exact) mass is 304 g/mol. The Morgan fingerprint density at radius 3 is 2.85 bits per heavy atom. The number of hydrogen-bond donors (Lipinski definition) is 1. The second kappa shape index (κ2) is 5.34. The minimum absolute atomic E-state index is 0.671. The zero-order chi connectivity index (χ0) is 14.1. The number of fused-ring (bicyclic) bond motifs is 1. The number of aromatic nitrogens is 3. The van der Waals surface area contributed by atoms with Crippen LogP contribution < -0.4 is 5.32 Å². The molecule has 0 saturated heterocycles. The number of nitrogens with zero attached hydrogens (tertiary/aromatic N) is 3. The van der Waals surface area contributed by atoms with Crippen LogP contribution in [0.4, 0.5) is 5.82 Å². The first kappa shape index (κ1) is 13.3. The lowest BCUT2D eigenvalue weighted by Crippen LogP contribution is -2.02. The van der Waals surface area contributed by atoms with Crippen LogP contribution in [0.3, 0.4) is 0 Å². The highest BCUT2D eigenvalue weighted by Gasteiger charge is 2.11. The summed E-state index contributed by atoms with van der Waals surface area (Å²) in [6.07, 6.45) is 1.81. The molecule has 0 radical (unpaired) electrons. The average Bonchev–Trinajstić information content (AvgIpc) is 2.85. The molecule has 6 heteroatoms. The van der Waals surface area contributed by atoms with Gasteiger partial charge in [-0.2, -0.15) is 0 Å². The highest BCUT2D eigenvalue weighted by molar-refractivity contribution is 7.14. The standard InChI is InChI=1S/C14H13ClN4S/c1-3-16-13-10-5-4-9(15)6-11(10)18-14(19-13)12-7-17-8(2)20-12/h4-7H,3H2,1-2H3,(H,16,18,19). The van der Waals surface area contributed by atoms with Gasteiger partial charge in [0.1, 0.15) is 5.82 Å². The minimum atomic E-state index is 0.671. The van der Waals surface area contributed by atoms with E-state index in [2.05, 4.69) is 20.3 Å². The lowest BCUT2D eigenvalue weighted by molar-refractivity contribution is 1.15. The smallest absolute Gasteiger partial charge is 0.173 e. The molecule has 0 bridgehead atoms. The summed E-state index contributed by atoms with van der Waals surface area (Å²) >= 11 is 7.64. The Balaban J connectivity index is 2.23. The third-order valence-corrected chi connectivity index (χ3v) is 3.99. The first-order valence-corrected chi connectivity index (χ1v) is 7.51. The molecule has 2 aromatic heterocycles. The van der Waals surface area contributed by atoms with Crippen LogP contribution in [0.15, 0.2) is 24.4 Å². The predicted molar refractivity (Wildman–Crippen MR) is 84.6 cm³/mol. The van der Waals surface area contributed by atoms with Gasteiger partial charge in [-0.05, 0) is 32.0 Å². The summed E-state index contributed by atoms with van der Waals surface area (Å²) in [6, 6.07) is 5.65. The Bertz CT molecular complexity index is 769. The first-order chi connectivity index (χ1) is 9.67. The second-order valence-electron chi connectivity index (χ2n) is 4.33. The van der Waals surface area contributed by atoms with Crippen molar-refractivity contribution < 1.29 is 0 Å². The van der Waals surface area contributed by atoms with Crippen LogP contribution in [0.2, 0.25) is 5.02 Å². The van der Waals surface area contributed by atoms with Crippen molar-refractivity contribution in [2.24, 2.45) is 0 Å². The predicted octanol–water partition coefficient (Wildman–Crippen LogP) is 4.15. The number of anilines is 1. The molecule has 0 aliphatic rings. The Hall–Kier alpha value is -1.72. The minimum Gasteiger partial charge on any atom is -0.370 e. The lowest BCUT2D eigenvalue weighted by Gasteiger charge is -2.08. The van der Waals surface area contributed by atoms with Crippen molar-refractivity contribution in [3.05, 3.63) is 34.4 Å². The number of benzene rings is 1. The van der Waals surface area contributed by atoms with Gasteiger partial charge in [0.15, 0.2) is 5.82 Å². The molecular formula is C14H13ClN4S. The van der Waals surface area contributed by atoms with E-state index < -0.39 is 0 Å². The Labute approximate surface area is 125 Å². The molecule has 0 aliphatic heterocycles. The van der Waals surface area contributed by atoms with Gasteiger partial charge in [-0.15, -0.1) is 11.3 Å². The quantitative estimate of drug-likeness (QED) is 0.790. The lowest BCUT2D eigenvalue weighted by atomic mass is 10.2. The van der Waals surface area contributed by atoms with E-state index in [-0.39, 0.29) is 0 Å². The first-order valence-electron chi connectivity index (χ1n) is 6.31. The number of rotatable bonds is 3. The molecule has 1 aromatic carbocycles. The van der Waals surface area contributed by atoms with Gasteiger partial charge in [-0.3, -0.25) is 0 Å². The topological polar surface area (TPSA) is 50.7 Å². The van der Waals surface area contributed by atoms with Crippen LogP contribution in [0.25, 0.3) is 21.6 Å². The molecule has 0 unspecified atom stereocenters. The van der Waals surface area contributed by atoms with Gasteiger partial charge in [0, 0.05) is 23.2 Å². The molecule has 3 aromatic rings. The normalized spacial score (nSPS) is 10.9. The van der Waals surface area contributed by atoms with Crippen LogP contribution in [-0.4, -0.2) is 21.5 Å². The summed E-state index contributed by atoms with van der Waals surface area (Å²) < 4.78 is 0. The maximum absolute atomic E-state index is 6.06. The molecule has 0 amide bonds. The van der Waals surface area contributed by atoms with Gasteiger partial charge in [-0.25, -0.2) is 15.0 Å². The Morgan fingerprint density at radius 1 is 1.30 bits per heavy atom. The summed E-state index contributed by atoms with van der Waals surface area (Å²) in [6.45, 7) is 4.81. The molecule has 0 aliphatic carbocycles. The van der Waals surface area contributed by atoms with Crippen molar-refractivity contribution in [3.8, 4) is 10.7 Å². The van der Waals surface area contributed by atoms with Crippen molar-refractivity contribution in [1.82, 2.24) is 15.0 Å². The molecule has 1 N–H and O–H groups in total. The van der Waals surface area contributed by atoms with E-state index in [9.17, 15) is 0 Å². The Kier molecular flexibility index (Phi) is 3.54. The Morgan fingerprint density at radius 2 is 2.15 bits per heavy atom. The van der Waals surface area contributed by atoms with Gasteiger partial charge in [0.25, 0.3) is 0 Å². The van der Waals surface area contributed by atoms with Crippen LogP contribution >= 0.6 is 22.9 Å². The second-order valence-corrected chi connectivity index (χ2v) is 6.00. The molecule has 0 atom stereocenters. The number of thiazole rings is 1. The van der Waals surface area contributed by atoms with Crippen molar-refractivity contribution in [2.75, 3.05) is 11.9 Å².